The van der Waals surface area contributed by atoms with Gasteiger partial charge in [-0.25, -0.2) is 0 Å². The van der Waals surface area contributed by atoms with Crippen LogP contribution in [0.15, 0.2) is 47.5 Å². The summed E-state index contributed by atoms with van der Waals surface area (Å²) in [6.45, 7) is 6.93. The Morgan fingerprint density at radius 1 is 1.21 bits per heavy atom. The molecule has 0 aromatic heterocycles. The van der Waals surface area contributed by atoms with Crippen molar-refractivity contribution in [2.75, 3.05) is 6.54 Å². The number of hydrogen-bond donors (Lipinski definition) is 1. The lowest BCUT2D eigenvalue weighted by Crippen LogP contribution is -2.50. The summed E-state index contributed by atoms with van der Waals surface area (Å²) in [5, 5.41) is 3.86. The molecule has 34 heavy (non-hydrogen) atoms. The highest BCUT2D eigenvalue weighted by molar-refractivity contribution is 6.47. The van der Waals surface area contributed by atoms with Crippen molar-refractivity contribution >= 4 is 40.7 Å². The van der Waals surface area contributed by atoms with Crippen LogP contribution in [0.1, 0.15) is 80.4 Å². The highest BCUT2D eigenvalue weighted by atomic mass is 35.5. The number of nitrogens with one attached hydrogen (secondary N) is 1. The summed E-state index contributed by atoms with van der Waals surface area (Å²) in [6.07, 6.45) is 4.68. The van der Waals surface area contributed by atoms with Crippen molar-refractivity contribution in [3.8, 4) is 0 Å². The summed E-state index contributed by atoms with van der Waals surface area (Å²) in [7, 11) is 0. The van der Waals surface area contributed by atoms with E-state index in [1.165, 1.54) is 0 Å². The number of carbonyl (C=O) groups excluding carboxylic acids is 2. The summed E-state index contributed by atoms with van der Waals surface area (Å²) >= 11 is 12.5. The SMILES string of the molecule is CCCNC(=O)c1ccc(C(C)N2C(=O)C(c3cc(Cl)cc(Cl)c3)=NC23CCCC(C)C3)cc1. The Morgan fingerprint density at radius 2 is 1.88 bits per heavy atom. The number of halogens is 2. The maximum atomic E-state index is 13.9. The van der Waals surface area contributed by atoms with E-state index in [1.807, 2.05) is 43.0 Å². The molecule has 1 aliphatic carbocycles. The predicted molar refractivity (Wildman–Crippen MR) is 138 cm³/mol. The monoisotopic (exact) mass is 499 g/mol. The molecule has 2 aromatic carbocycles. The predicted octanol–water partition coefficient (Wildman–Crippen LogP) is 6.43. The quantitative estimate of drug-likeness (QED) is 0.497. The van der Waals surface area contributed by atoms with Gasteiger partial charge >= 0.3 is 0 Å². The van der Waals surface area contributed by atoms with Crippen LogP contribution in [0.5, 0.6) is 0 Å². The van der Waals surface area contributed by atoms with Gasteiger partial charge < -0.3 is 10.2 Å². The van der Waals surface area contributed by atoms with E-state index in [-0.39, 0.29) is 17.9 Å². The van der Waals surface area contributed by atoms with Crippen LogP contribution in [0.3, 0.4) is 0 Å². The minimum absolute atomic E-state index is 0.0840. The maximum Gasteiger partial charge on any atom is 0.275 e. The zero-order chi connectivity index (χ0) is 24.5. The molecular formula is C27H31Cl2N3O2. The summed E-state index contributed by atoms with van der Waals surface area (Å²) < 4.78 is 0. The Hall–Kier alpha value is -2.37. The first-order valence-electron chi connectivity index (χ1n) is 12.0. The third kappa shape index (κ3) is 4.87. The molecule has 0 bridgehead atoms. The second-order valence-electron chi connectivity index (χ2n) is 9.53. The van der Waals surface area contributed by atoms with Crippen molar-refractivity contribution in [1.82, 2.24) is 10.2 Å². The summed E-state index contributed by atoms with van der Waals surface area (Å²) in [5.74, 6) is 0.274. The van der Waals surface area contributed by atoms with Gasteiger partial charge in [0.25, 0.3) is 11.8 Å². The average molecular weight is 500 g/mol. The average Bonchev–Trinajstić information content (AvgIpc) is 3.07. The van der Waals surface area contributed by atoms with Crippen LogP contribution < -0.4 is 5.32 Å². The smallest absolute Gasteiger partial charge is 0.275 e. The van der Waals surface area contributed by atoms with E-state index in [0.29, 0.717) is 39.3 Å². The van der Waals surface area contributed by atoms with Gasteiger partial charge in [0.05, 0.1) is 6.04 Å². The molecule has 2 aromatic rings. The first-order valence-corrected chi connectivity index (χ1v) is 12.8. The molecule has 1 saturated carbocycles. The van der Waals surface area contributed by atoms with E-state index in [9.17, 15) is 9.59 Å². The topological polar surface area (TPSA) is 61.8 Å². The molecule has 1 fully saturated rings. The fourth-order valence-corrected chi connectivity index (χ4v) is 5.77. The van der Waals surface area contributed by atoms with Gasteiger partial charge in [0.15, 0.2) is 0 Å². The van der Waals surface area contributed by atoms with Crippen LogP contribution in [-0.4, -0.2) is 34.6 Å². The van der Waals surface area contributed by atoms with Crippen molar-refractivity contribution in [3.05, 3.63) is 69.2 Å². The third-order valence-corrected chi connectivity index (χ3v) is 7.29. The van der Waals surface area contributed by atoms with Gasteiger partial charge in [-0.1, -0.05) is 55.6 Å². The van der Waals surface area contributed by atoms with E-state index in [4.69, 9.17) is 28.2 Å². The van der Waals surface area contributed by atoms with Crippen LogP contribution in [0.25, 0.3) is 0 Å². The number of amides is 2. The second kappa shape index (κ2) is 10.1. The Morgan fingerprint density at radius 3 is 2.50 bits per heavy atom. The Bertz CT molecular complexity index is 1100. The van der Waals surface area contributed by atoms with Crippen LogP contribution in [0.2, 0.25) is 10.0 Å². The van der Waals surface area contributed by atoms with Gasteiger partial charge in [0.1, 0.15) is 11.4 Å². The van der Waals surface area contributed by atoms with E-state index in [1.54, 1.807) is 18.2 Å². The number of aliphatic imine (C=N–C) groups is 1. The van der Waals surface area contributed by atoms with Crippen molar-refractivity contribution in [2.24, 2.45) is 10.9 Å². The van der Waals surface area contributed by atoms with Gasteiger partial charge in [-0.05, 0) is 74.4 Å². The number of rotatable bonds is 6. The number of benzene rings is 2. The molecule has 2 amide bonds. The standard InChI is InChI=1S/C27H31Cl2N3O2/c1-4-12-30-25(33)20-9-7-19(8-10-20)18(3)32-26(34)24(21-13-22(28)15-23(29)14-21)31-27(32)11-5-6-17(2)16-27/h7-10,13-15,17-18H,4-6,11-12,16H2,1-3H3,(H,30,33). The minimum atomic E-state index is -0.588. The van der Waals surface area contributed by atoms with Crippen molar-refractivity contribution in [1.29, 1.82) is 0 Å². The first-order chi connectivity index (χ1) is 16.2. The molecule has 2 aliphatic rings. The van der Waals surface area contributed by atoms with E-state index in [0.717, 1.165) is 37.7 Å². The van der Waals surface area contributed by atoms with E-state index >= 15 is 0 Å². The lowest BCUT2D eigenvalue weighted by molar-refractivity contribution is -0.132. The van der Waals surface area contributed by atoms with E-state index < -0.39 is 5.66 Å². The van der Waals surface area contributed by atoms with Crippen LogP contribution >= 0.6 is 23.2 Å². The lowest BCUT2D eigenvalue weighted by Gasteiger charge is -2.44. The van der Waals surface area contributed by atoms with Crippen molar-refractivity contribution in [2.45, 2.75) is 64.6 Å². The van der Waals surface area contributed by atoms with Crippen molar-refractivity contribution < 1.29 is 9.59 Å². The molecule has 3 unspecified atom stereocenters. The molecular weight excluding hydrogens is 469 g/mol. The second-order valence-corrected chi connectivity index (χ2v) is 10.4. The molecule has 1 N–H and O–H groups in total. The summed E-state index contributed by atoms with van der Waals surface area (Å²) in [5.41, 5.74) is 2.07. The Labute approximate surface area is 211 Å². The largest absolute Gasteiger partial charge is 0.352 e. The molecule has 1 aliphatic heterocycles. The highest BCUT2D eigenvalue weighted by Gasteiger charge is 2.51. The Kier molecular flexibility index (Phi) is 7.34. The van der Waals surface area contributed by atoms with E-state index in [2.05, 4.69) is 12.2 Å². The van der Waals surface area contributed by atoms with Gasteiger partial charge in [-0.3, -0.25) is 14.6 Å². The first kappa shape index (κ1) is 24.7. The van der Waals surface area contributed by atoms with Gasteiger partial charge in [-0.2, -0.15) is 0 Å². The molecule has 1 spiro atoms. The Balaban J connectivity index is 1.68. The zero-order valence-corrected chi connectivity index (χ0v) is 21.4. The van der Waals surface area contributed by atoms with Crippen LogP contribution in [0, 0.1) is 5.92 Å². The molecule has 0 radical (unpaired) electrons. The highest BCUT2D eigenvalue weighted by Crippen LogP contribution is 2.46. The normalized spacial score (nSPS) is 23.2. The molecule has 0 saturated heterocycles. The molecule has 7 heteroatoms. The van der Waals surface area contributed by atoms with Gasteiger partial charge in [0, 0.05) is 27.7 Å². The summed E-state index contributed by atoms with van der Waals surface area (Å²) in [4.78, 5) is 33.2. The molecule has 3 atom stereocenters. The zero-order valence-electron chi connectivity index (χ0n) is 19.9. The van der Waals surface area contributed by atoms with Crippen LogP contribution in [0.4, 0.5) is 0 Å². The number of nitrogens with zero attached hydrogens (tertiary/aromatic N) is 2. The number of carbonyl (C=O) groups is 2. The third-order valence-electron chi connectivity index (χ3n) is 6.85. The van der Waals surface area contributed by atoms with Crippen molar-refractivity contribution in [3.63, 3.8) is 0 Å². The molecule has 1 heterocycles. The fourth-order valence-electron chi connectivity index (χ4n) is 5.25. The molecule has 5 nitrogen and oxygen atoms in total. The minimum Gasteiger partial charge on any atom is -0.352 e. The molecule has 180 valence electrons. The van der Waals surface area contributed by atoms with Gasteiger partial charge in [0.2, 0.25) is 0 Å². The lowest BCUT2D eigenvalue weighted by atomic mass is 9.81. The van der Waals surface area contributed by atoms with Crippen LogP contribution in [-0.2, 0) is 4.79 Å². The number of hydrogen-bond acceptors (Lipinski definition) is 3. The molecule has 4 rings (SSSR count). The fraction of sp³-hybridized carbons (Fsp3) is 0.444. The summed E-state index contributed by atoms with van der Waals surface area (Å²) in [6, 6.07) is 12.5. The maximum absolute atomic E-state index is 13.9. The van der Waals surface area contributed by atoms with Gasteiger partial charge in [-0.15, -0.1) is 0 Å².